The maximum atomic E-state index is 12.9. The number of aldehydes is 1. The van der Waals surface area contributed by atoms with Crippen molar-refractivity contribution >= 4 is 35.0 Å². The first kappa shape index (κ1) is 25.6. The number of aromatic nitrogens is 1. The molecule has 0 spiro atoms. The molecule has 10 nitrogen and oxygen atoms in total. The second-order valence-electron chi connectivity index (χ2n) is 9.81. The first-order chi connectivity index (χ1) is 16.0. The number of carbonyl (C=O) groups excluding carboxylic acids is 1. The van der Waals surface area contributed by atoms with Crippen LogP contribution in [0.2, 0.25) is 0 Å². The first-order valence-electron chi connectivity index (χ1n) is 11.6. The molecular formula is C24H35N5O5. The van der Waals surface area contributed by atoms with Crippen molar-refractivity contribution in [2.45, 2.75) is 58.7 Å². The van der Waals surface area contributed by atoms with Crippen molar-refractivity contribution in [1.29, 1.82) is 0 Å². The number of nitrogens with zero attached hydrogens (tertiary/aromatic N) is 4. The molecule has 0 unspecified atom stereocenters. The Morgan fingerprint density at radius 1 is 1.29 bits per heavy atom. The van der Waals surface area contributed by atoms with E-state index < -0.39 is 23.4 Å². The minimum absolute atomic E-state index is 0.0579. The standard InChI is InChI=1S/C24H35N5O5/c1-16-18(29(23(32)33)24(2,3)4)10-9-17-20(16)21(31)34-22(25-17)26-19(15-30)27(5)13-14-28-11-7-6-8-12-28/h9-10,15,19H,6-8,11-14H2,1-5H3,(H,25,26)(H,32,33)/t19-/m0/s1. The minimum atomic E-state index is -1.12. The fourth-order valence-electron chi connectivity index (χ4n) is 4.36. The third-order valence-electron chi connectivity index (χ3n) is 6.23. The molecule has 1 aliphatic rings. The van der Waals surface area contributed by atoms with Gasteiger partial charge in [0.25, 0.3) is 6.01 Å². The molecule has 1 fully saturated rings. The van der Waals surface area contributed by atoms with E-state index in [2.05, 4.69) is 15.2 Å². The van der Waals surface area contributed by atoms with Crippen LogP contribution in [0.25, 0.3) is 10.9 Å². The van der Waals surface area contributed by atoms with Gasteiger partial charge in [-0.15, -0.1) is 0 Å². The van der Waals surface area contributed by atoms with Gasteiger partial charge in [0.1, 0.15) is 6.17 Å². The third-order valence-corrected chi connectivity index (χ3v) is 6.23. The quantitative estimate of drug-likeness (QED) is 0.440. The number of piperidine rings is 1. The van der Waals surface area contributed by atoms with E-state index in [1.165, 1.54) is 24.2 Å². The van der Waals surface area contributed by atoms with Gasteiger partial charge in [-0.05, 0) is 78.4 Å². The lowest BCUT2D eigenvalue weighted by Gasteiger charge is -2.34. The fourth-order valence-corrected chi connectivity index (χ4v) is 4.36. The van der Waals surface area contributed by atoms with Crippen LogP contribution in [0.3, 0.4) is 0 Å². The normalized spacial score (nSPS) is 15.9. The Balaban J connectivity index is 1.83. The van der Waals surface area contributed by atoms with Crippen molar-refractivity contribution in [2.75, 3.05) is 43.4 Å². The Morgan fingerprint density at radius 2 is 1.97 bits per heavy atom. The van der Waals surface area contributed by atoms with E-state index in [9.17, 15) is 19.5 Å². The summed E-state index contributed by atoms with van der Waals surface area (Å²) in [5.74, 6) is 0. The molecule has 1 amide bonds. The number of carboxylic acid groups (broad SMARTS) is 1. The minimum Gasteiger partial charge on any atom is -0.465 e. The maximum Gasteiger partial charge on any atom is 0.412 e. The van der Waals surface area contributed by atoms with Crippen molar-refractivity contribution in [1.82, 2.24) is 14.8 Å². The van der Waals surface area contributed by atoms with Crippen LogP contribution >= 0.6 is 0 Å². The van der Waals surface area contributed by atoms with E-state index in [-0.39, 0.29) is 11.4 Å². The predicted molar refractivity (Wildman–Crippen MR) is 132 cm³/mol. The number of likely N-dealkylation sites (N-methyl/N-ethyl adjacent to an activating group) is 1. The lowest BCUT2D eigenvalue weighted by atomic mass is 10.0. The highest BCUT2D eigenvalue weighted by Gasteiger charge is 2.30. The average molecular weight is 474 g/mol. The first-order valence-corrected chi connectivity index (χ1v) is 11.6. The van der Waals surface area contributed by atoms with Gasteiger partial charge in [-0.2, -0.15) is 4.98 Å². The van der Waals surface area contributed by atoms with E-state index in [4.69, 9.17) is 4.42 Å². The molecular weight excluding hydrogens is 438 g/mol. The van der Waals surface area contributed by atoms with Crippen LogP contribution in [-0.4, -0.2) is 77.2 Å². The molecule has 3 rings (SSSR count). The molecule has 10 heteroatoms. The van der Waals surface area contributed by atoms with Crippen LogP contribution in [0.5, 0.6) is 0 Å². The molecule has 1 aliphatic heterocycles. The van der Waals surface area contributed by atoms with Gasteiger partial charge < -0.3 is 19.7 Å². The van der Waals surface area contributed by atoms with Crippen LogP contribution in [0.15, 0.2) is 21.3 Å². The summed E-state index contributed by atoms with van der Waals surface area (Å²) in [4.78, 5) is 46.4. The van der Waals surface area contributed by atoms with Gasteiger partial charge in [-0.25, -0.2) is 9.59 Å². The van der Waals surface area contributed by atoms with Gasteiger partial charge in [0.15, 0.2) is 6.29 Å². The van der Waals surface area contributed by atoms with Gasteiger partial charge in [-0.3, -0.25) is 14.6 Å². The maximum absolute atomic E-state index is 12.9. The second kappa shape index (κ2) is 10.5. The van der Waals surface area contributed by atoms with Crippen LogP contribution < -0.4 is 15.8 Å². The SMILES string of the molecule is Cc1c(N(C(=O)O)C(C)(C)C)ccc2nc(N[C@H](C=O)N(C)CCN3CCCCC3)oc(=O)c12. The molecule has 1 atom stereocenters. The molecule has 2 aromatic rings. The van der Waals surface area contributed by atoms with E-state index >= 15 is 0 Å². The molecule has 0 bridgehead atoms. The summed E-state index contributed by atoms with van der Waals surface area (Å²) in [6.07, 6.45) is 2.60. The Kier molecular flexibility index (Phi) is 7.93. The summed E-state index contributed by atoms with van der Waals surface area (Å²) in [6, 6.07) is 3.17. The molecule has 1 saturated heterocycles. The lowest BCUT2D eigenvalue weighted by molar-refractivity contribution is -0.111. The van der Waals surface area contributed by atoms with E-state index in [1.54, 1.807) is 39.8 Å². The topological polar surface area (TPSA) is 119 Å². The second-order valence-corrected chi connectivity index (χ2v) is 9.81. The molecule has 0 radical (unpaired) electrons. The number of fused-ring (bicyclic) bond motifs is 1. The van der Waals surface area contributed by atoms with Gasteiger partial charge >= 0.3 is 11.7 Å². The Bertz CT molecular complexity index is 1090. The zero-order valence-electron chi connectivity index (χ0n) is 20.6. The van der Waals surface area contributed by atoms with Crippen LogP contribution in [0, 0.1) is 6.92 Å². The molecule has 0 saturated carbocycles. The fraction of sp³-hybridized carbons (Fsp3) is 0.583. The number of benzene rings is 1. The summed E-state index contributed by atoms with van der Waals surface area (Å²) in [5.41, 5.74) is -0.139. The van der Waals surface area contributed by atoms with Gasteiger partial charge in [0.2, 0.25) is 0 Å². The molecule has 2 N–H and O–H groups in total. The lowest BCUT2D eigenvalue weighted by Crippen LogP contribution is -2.45. The molecule has 1 aromatic heterocycles. The highest BCUT2D eigenvalue weighted by molar-refractivity contribution is 5.94. The van der Waals surface area contributed by atoms with E-state index in [0.29, 0.717) is 23.3 Å². The summed E-state index contributed by atoms with van der Waals surface area (Å²) in [5, 5.41) is 12.8. The molecule has 1 aromatic carbocycles. The number of nitrogens with one attached hydrogen (secondary N) is 1. The number of carbonyl (C=O) groups is 2. The smallest absolute Gasteiger partial charge is 0.412 e. The number of amides is 1. The van der Waals surface area contributed by atoms with Crippen LogP contribution in [0.1, 0.15) is 45.6 Å². The van der Waals surface area contributed by atoms with Gasteiger partial charge in [0, 0.05) is 18.6 Å². The van der Waals surface area contributed by atoms with Gasteiger partial charge in [0.05, 0.1) is 16.6 Å². The number of rotatable bonds is 8. The number of likely N-dealkylation sites (tertiary alicyclic amines) is 1. The number of hydrogen-bond acceptors (Lipinski definition) is 8. The van der Waals surface area contributed by atoms with Crippen molar-refractivity contribution < 1.29 is 19.1 Å². The van der Waals surface area contributed by atoms with Crippen molar-refractivity contribution in [3.63, 3.8) is 0 Å². The summed E-state index contributed by atoms with van der Waals surface area (Å²) < 4.78 is 5.39. The van der Waals surface area contributed by atoms with Crippen molar-refractivity contribution in [2.24, 2.45) is 0 Å². The Hall–Kier alpha value is -2.98. The van der Waals surface area contributed by atoms with Crippen LogP contribution in [-0.2, 0) is 4.79 Å². The Labute approximate surface area is 199 Å². The molecule has 0 aliphatic carbocycles. The number of aryl methyl sites for hydroxylation is 1. The molecule has 186 valence electrons. The number of anilines is 2. The third kappa shape index (κ3) is 5.74. The predicted octanol–water partition coefficient (Wildman–Crippen LogP) is 3.13. The van der Waals surface area contributed by atoms with Crippen LogP contribution in [0.4, 0.5) is 16.5 Å². The highest BCUT2D eigenvalue weighted by Crippen LogP contribution is 2.31. The van der Waals surface area contributed by atoms with E-state index in [0.717, 1.165) is 25.9 Å². The molecule has 2 heterocycles. The summed E-state index contributed by atoms with van der Waals surface area (Å²) in [7, 11) is 1.83. The summed E-state index contributed by atoms with van der Waals surface area (Å²) in [6.45, 7) is 10.7. The monoisotopic (exact) mass is 473 g/mol. The zero-order valence-corrected chi connectivity index (χ0v) is 20.6. The number of hydrogen-bond donors (Lipinski definition) is 2. The largest absolute Gasteiger partial charge is 0.465 e. The van der Waals surface area contributed by atoms with Crippen molar-refractivity contribution in [3.8, 4) is 0 Å². The van der Waals surface area contributed by atoms with Gasteiger partial charge in [-0.1, -0.05) is 6.42 Å². The highest BCUT2D eigenvalue weighted by atomic mass is 16.4. The Morgan fingerprint density at radius 3 is 2.56 bits per heavy atom. The summed E-state index contributed by atoms with van der Waals surface area (Å²) >= 11 is 0. The zero-order chi connectivity index (χ0) is 25.0. The van der Waals surface area contributed by atoms with E-state index in [1.807, 2.05) is 11.9 Å². The molecule has 34 heavy (non-hydrogen) atoms. The van der Waals surface area contributed by atoms with Crippen molar-refractivity contribution in [3.05, 3.63) is 28.1 Å². The average Bonchev–Trinajstić information content (AvgIpc) is 2.77.